The number of hydrogen-bond donors (Lipinski definition) is 18. The highest BCUT2D eigenvalue weighted by Crippen LogP contribution is 2.08. The standard InChI is InChI=1S/C43H70N10O22/c1-3-45-22(37(66)53-35(21(2)56)36(44)65)7-4-5-18-46-29(57)14-10-24(41(70)71)48-31(59)16-12-26(43(74)75)51-40(69)28(20-55)52-38(67)23(13-17-34(63)64)50-39(68)27(19-54)49-32(60)15-11-25(42(72)73)47-30(58)8-6-9-33(61)62/h21-28,35,45,54-56H,3-20H2,1-2H3,(H2,44,65)(H,46,57)(H,47,58)(H,48,59)(H,49,60)(H,50,68)(H,51,69)(H,52,67)(H,53,66)(H,61,62)(H,63,64)(H,70,71)(H,72,73)(H,74,75). The minimum Gasteiger partial charge on any atom is -0.481 e. The normalized spacial score (nSPS) is 14.5. The van der Waals surface area contributed by atoms with Crippen LogP contribution in [-0.4, -0.2) is 205 Å². The molecule has 0 spiro atoms. The summed E-state index contributed by atoms with van der Waals surface area (Å²) in [6, 6.07) is -12.9. The first-order valence-electron chi connectivity index (χ1n) is 23.6. The minimum absolute atomic E-state index is 0.101. The lowest BCUT2D eigenvalue weighted by Gasteiger charge is -2.25. The number of carboxylic acid groups (broad SMARTS) is 5. The highest BCUT2D eigenvalue weighted by atomic mass is 16.4. The van der Waals surface area contributed by atoms with Gasteiger partial charge in [0.1, 0.15) is 42.3 Å². The predicted molar refractivity (Wildman–Crippen MR) is 252 cm³/mol. The molecule has 75 heavy (non-hydrogen) atoms. The number of aliphatic hydroxyl groups is 3. The number of hydrogen-bond acceptors (Lipinski definition) is 18. The van der Waals surface area contributed by atoms with Crippen LogP contribution in [0.2, 0.25) is 0 Å². The molecule has 0 rings (SSSR count). The summed E-state index contributed by atoms with van der Waals surface area (Å²) < 4.78 is 0. The van der Waals surface area contributed by atoms with Crippen LogP contribution in [-0.2, 0) is 67.1 Å². The van der Waals surface area contributed by atoms with Crippen molar-refractivity contribution in [1.29, 1.82) is 0 Å². The van der Waals surface area contributed by atoms with E-state index in [-0.39, 0.29) is 38.6 Å². The molecule has 0 aliphatic carbocycles. The zero-order valence-corrected chi connectivity index (χ0v) is 41.3. The van der Waals surface area contributed by atoms with Gasteiger partial charge in [0.05, 0.1) is 25.4 Å². The quantitative estimate of drug-likeness (QED) is 0.0253. The van der Waals surface area contributed by atoms with Gasteiger partial charge >= 0.3 is 29.8 Å². The van der Waals surface area contributed by atoms with Crippen LogP contribution in [0.5, 0.6) is 0 Å². The molecule has 32 nitrogen and oxygen atoms in total. The number of carbonyl (C=O) groups excluding carboxylic acids is 9. The van der Waals surface area contributed by atoms with E-state index in [0.717, 1.165) is 0 Å². The molecule has 0 fully saturated rings. The van der Waals surface area contributed by atoms with Crippen molar-refractivity contribution in [2.75, 3.05) is 26.3 Å². The summed E-state index contributed by atoms with van der Waals surface area (Å²) >= 11 is 0. The average Bonchev–Trinajstić information content (AvgIpc) is 3.32. The highest BCUT2D eigenvalue weighted by Gasteiger charge is 2.33. The van der Waals surface area contributed by atoms with Crippen LogP contribution in [0.3, 0.4) is 0 Å². The van der Waals surface area contributed by atoms with Crippen molar-refractivity contribution < 1.29 is 108 Å². The topological polar surface area (TPSA) is 535 Å². The molecule has 0 radical (unpaired) electrons. The Morgan fingerprint density at radius 3 is 1.25 bits per heavy atom. The number of unbranched alkanes of at least 4 members (excludes halogenated alkanes) is 1. The van der Waals surface area contributed by atoms with E-state index in [1.807, 2.05) is 10.6 Å². The summed E-state index contributed by atoms with van der Waals surface area (Å²) in [4.78, 5) is 171. The second kappa shape index (κ2) is 36.4. The Labute approximate surface area is 428 Å². The first-order valence-corrected chi connectivity index (χ1v) is 23.6. The van der Waals surface area contributed by atoms with Gasteiger partial charge in [0, 0.05) is 45.1 Å². The number of nitrogens with one attached hydrogen (secondary N) is 9. The third kappa shape index (κ3) is 29.0. The molecule has 32 heteroatoms. The Hall–Kier alpha value is -7.58. The minimum atomic E-state index is -1.98. The number of likely N-dealkylation sites (N-methyl/N-ethyl adjacent to an activating group) is 1. The summed E-state index contributed by atoms with van der Waals surface area (Å²) in [5.41, 5.74) is 5.23. The second-order valence-electron chi connectivity index (χ2n) is 16.8. The average molecular weight is 1080 g/mol. The zero-order valence-electron chi connectivity index (χ0n) is 41.3. The van der Waals surface area contributed by atoms with Crippen molar-refractivity contribution in [3.8, 4) is 0 Å². The van der Waals surface area contributed by atoms with Crippen molar-refractivity contribution in [2.45, 2.75) is 158 Å². The predicted octanol–water partition coefficient (Wildman–Crippen LogP) is -6.79. The van der Waals surface area contributed by atoms with Crippen LogP contribution < -0.4 is 53.6 Å². The van der Waals surface area contributed by atoms with Crippen LogP contribution in [0.1, 0.15) is 104 Å². The van der Waals surface area contributed by atoms with Crippen molar-refractivity contribution in [3.63, 3.8) is 0 Å². The lowest BCUT2D eigenvalue weighted by molar-refractivity contribution is -0.144. The Balaban J connectivity index is 5.41. The van der Waals surface area contributed by atoms with E-state index >= 15 is 0 Å². The van der Waals surface area contributed by atoms with Gasteiger partial charge in [-0.25, -0.2) is 14.4 Å². The SMILES string of the molecule is CCNC(CCCCNC(=O)CCC(NC(=O)CCC(NC(=O)C(CO)NC(=O)C(CCC(=O)O)NC(=O)C(CO)NC(=O)CCC(NC(=O)CCCC(=O)O)C(=O)O)C(=O)O)C(=O)O)C(=O)NC(C(N)=O)C(C)O. The first-order chi connectivity index (χ1) is 35.2. The number of aliphatic hydroxyl groups excluding tert-OH is 3. The monoisotopic (exact) mass is 1080 g/mol. The van der Waals surface area contributed by atoms with E-state index in [9.17, 15) is 103 Å². The number of amides is 9. The number of carboxylic acids is 5. The van der Waals surface area contributed by atoms with Crippen LogP contribution in [0.25, 0.3) is 0 Å². The van der Waals surface area contributed by atoms with Gasteiger partial charge in [0.25, 0.3) is 0 Å². The molecule has 0 aromatic rings. The van der Waals surface area contributed by atoms with Crippen molar-refractivity contribution in [1.82, 2.24) is 47.9 Å². The Kier molecular flexibility index (Phi) is 32.7. The fourth-order valence-corrected chi connectivity index (χ4v) is 6.59. The van der Waals surface area contributed by atoms with Gasteiger partial charge in [-0.2, -0.15) is 0 Å². The summed E-state index contributed by atoms with van der Waals surface area (Å²) in [6.07, 6.45) is -5.82. The zero-order chi connectivity index (χ0) is 57.4. The van der Waals surface area contributed by atoms with Crippen molar-refractivity contribution in [2.24, 2.45) is 5.73 Å². The fourth-order valence-electron chi connectivity index (χ4n) is 6.59. The Morgan fingerprint density at radius 2 is 0.813 bits per heavy atom. The number of rotatable bonds is 41. The summed E-state index contributed by atoms with van der Waals surface area (Å²) in [5.74, 6) is -16.4. The van der Waals surface area contributed by atoms with Gasteiger partial charge in [-0.1, -0.05) is 6.92 Å². The molecule has 0 aliphatic rings. The van der Waals surface area contributed by atoms with Gasteiger partial charge in [-0.3, -0.25) is 52.7 Å². The maximum absolute atomic E-state index is 13.3. The number of nitrogens with two attached hydrogens (primary N) is 1. The van der Waals surface area contributed by atoms with Crippen LogP contribution >= 0.6 is 0 Å². The lowest BCUT2D eigenvalue weighted by Crippen LogP contribution is -2.59. The fraction of sp³-hybridized carbons (Fsp3) is 0.674. The van der Waals surface area contributed by atoms with Crippen LogP contribution in [0, 0.1) is 0 Å². The molecular formula is C43H70N10O22. The maximum Gasteiger partial charge on any atom is 0.326 e. The van der Waals surface area contributed by atoms with Crippen LogP contribution in [0.15, 0.2) is 0 Å². The van der Waals surface area contributed by atoms with E-state index in [0.29, 0.717) is 19.4 Å². The van der Waals surface area contributed by atoms with E-state index in [1.54, 1.807) is 6.92 Å². The lowest BCUT2D eigenvalue weighted by atomic mass is 10.1. The largest absolute Gasteiger partial charge is 0.481 e. The first kappa shape index (κ1) is 67.4. The summed E-state index contributed by atoms with van der Waals surface area (Å²) in [5, 5.41) is 96.5. The molecule has 0 aliphatic heterocycles. The van der Waals surface area contributed by atoms with Gasteiger partial charge in [0.15, 0.2) is 0 Å². The molecule has 9 atom stereocenters. The molecule has 0 saturated carbocycles. The van der Waals surface area contributed by atoms with E-state index in [4.69, 9.17) is 10.8 Å². The third-order valence-corrected chi connectivity index (χ3v) is 10.7. The summed E-state index contributed by atoms with van der Waals surface area (Å²) in [6.45, 7) is 1.21. The molecule has 9 amide bonds. The Morgan fingerprint density at radius 1 is 0.427 bits per heavy atom. The Bertz CT molecular complexity index is 2010. The highest BCUT2D eigenvalue weighted by molar-refractivity contribution is 5.96. The van der Waals surface area contributed by atoms with Crippen molar-refractivity contribution >= 4 is 83.0 Å². The smallest absolute Gasteiger partial charge is 0.326 e. The maximum atomic E-state index is 13.3. The molecule has 19 N–H and O–H groups in total. The molecular weight excluding hydrogens is 1010 g/mol. The molecule has 0 aromatic heterocycles. The molecule has 424 valence electrons. The number of carbonyl (C=O) groups is 14. The number of primary amides is 1. The van der Waals surface area contributed by atoms with Gasteiger partial charge in [-0.15, -0.1) is 0 Å². The van der Waals surface area contributed by atoms with E-state index in [1.165, 1.54) is 6.92 Å². The second-order valence-corrected chi connectivity index (χ2v) is 16.8. The molecule has 9 unspecified atom stereocenters. The summed E-state index contributed by atoms with van der Waals surface area (Å²) in [7, 11) is 0. The van der Waals surface area contributed by atoms with Gasteiger partial charge in [-0.05, 0) is 64.8 Å². The third-order valence-electron chi connectivity index (χ3n) is 10.7. The van der Waals surface area contributed by atoms with E-state index < -0.39 is 196 Å². The number of aliphatic carboxylic acids is 5. The van der Waals surface area contributed by atoms with Gasteiger partial charge < -0.3 is 94.4 Å². The molecule has 0 heterocycles. The van der Waals surface area contributed by atoms with Crippen LogP contribution in [0.4, 0.5) is 0 Å². The van der Waals surface area contributed by atoms with Crippen molar-refractivity contribution in [3.05, 3.63) is 0 Å². The molecule has 0 saturated heterocycles. The van der Waals surface area contributed by atoms with E-state index in [2.05, 4.69) is 37.2 Å². The van der Waals surface area contributed by atoms with Gasteiger partial charge in [0.2, 0.25) is 53.2 Å². The molecule has 0 bridgehead atoms. The molecule has 0 aromatic carbocycles.